The van der Waals surface area contributed by atoms with E-state index in [1.807, 2.05) is 59.6 Å². The van der Waals surface area contributed by atoms with Gasteiger partial charge in [-0.3, -0.25) is 14.6 Å². The summed E-state index contributed by atoms with van der Waals surface area (Å²) in [6.07, 6.45) is 2.61. The molecule has 0 aromatic heterocycles. The van der Waals surface area contributed by atoms with Crippen molar-refractivity contribution < 1.29 is 19.5 Å². The predicted molar refractivity (Wildman–Crippen MR) is 135 cm³/mol. The number of benzene rings is 2. The number of carbonyl (C=O) groups is 1. The lowest BCUT2D eigenvalue weighted by Gasteiger charge is -2.34. The fourth-order valence-corrected chi connectivity index (χ4v) is 4.26. The molecule has 2 aromatic rings. The first-order chi connectivity index (χ1) is 17.0. The zero-order chi connectivity index (χ0) is 24.6. The molecule has 4 rings (SSSR count). The van der Waals surface area contributed by atoms with Crippen molar-refractivity contribution in [2.45, 2.75) is 25.5 Å². The molecule has 0 bridgehead atoms. The van der Waals surface area contributed by atoms with E-state index in [-0.39, 0.29) is 18.7 Å². The van der Waals surface area contributed by atoms with Gasteiger partial charge in [-0.2, -0.15) is 5.10 Å². The number of piperazine rings is 1. The summed E-state index contributed by atoms with van der Waals surface area (Å²) in [5.41, 5.74) is 7.30. The second kappa shape index (κ2) is 11.8. The maximum atomic E-state index is 10.9. The molecule has 2 unspecified atom stereocenters. The Bertz CT molecular complexity index is 1030. The molecule has 9 heteroatoms. The SMILES string of the molecule is COc1ccc(C(C)N/N=C/c2ccc(C3=NOC(CN4CCN(CC(=O)O)CC4)C3)cc2)cc1. The first-order valence-electron chi connectivity index (χ1n) is 11.9. The number of carboxylic acid groups (broad SMARTS) is 1. The smallest absolute Gasteiger partial charge is 0.317 e. The minimum atomic E-state index is -0.771. The molecule has 9 nitrogen and oxygen atoms in total. The van der Waals surface area contributed by atoms with Crippen molar-refractivity contribution in [1.82, 2.24) is 15.2 Å². The van der Waals surface area contributed by atoms with Crippen molar-refractivity contribution >= 4 is 17.9 Å². The summed E-state index contributed by atoms with van der Waals surface area (Å²) >= 11 is 0. The number of methoxy groups -OCH3 is 1. The summed E-state index contributed by atoms with van der Waals surface area (Å²) in [6, 6.07) is 16.2. The Labute approximate surface area is 206 Å². The Morgan fingerprint density at radius 1 is 1.17 bits per heavy atom. The lowest BCUT2D eigenvalue weighted by atomic mass is 10.0. The maximum absolute atomic E-state index is 10.9. The monoisotopic (exact) mass is 479 g/mol. The van der Waals surface area contributed by atoms with Gasteiger partial charge in [0.05, 0.1) is 31.6 Å². The molecule has 2 heterocycles. The largest absolute Gasteiger partial charge is 0.497 e. The fraction of sp³-hybridized carbons (Fsp3) is 0.423. The van der Waals surface area contributed by atoms with Crippen molar-refractivity contribution in [3.05, 3.63) is 65.2 Å². The highest BCUT2D eigenvalue weighted by Gasteiger charge is 2.26. The van der Waals surface area contributed by atoms with Gasteiger partial charge in [-0.25, -0.2) is 0 Å². The topological polar surface area (TPSA) is 99.0 Å². The molecule has 1 fully saturated rings. The van der Waals surface area contributed by atoms with Gasteiger partial charge >= 0.3 is 5.97 Å². The van der Waals surface area contributed by atoms with E-state index < -0.39 is 5.97 Å². The van der Waals surface area contributed by atoms with Crippen LogP contribution in [0.5, 0.6) is 5.75 Å². The molecule has 2 aliphatic heterocycles. The standard InChI is InChI=1S/C26H33N5O4/c1-19(21-7-9-23(34-2)10-8-21)28-27-16-20-3-5-22(6-4-20)25-15-24(35-29-25)17-30-11-13-31(14-12-30)18-26(32)33/h3-10,16,19,24,28H,11-15,17-18H2,1-2H3,(H,32,33)/b27-16+. The average Bonchev–Trinajstić information content (AvgIpc) is 3.34. The second-order valence-electron chi connectivity index (χ2n) is 8.94. The molecule has 0 saturated carbocycles. The van der Waals surface area contributed by atoms with E-state index in [1.54, 1.807) is 7.11 Å². The minimum Gasteiger partial charge on any atom is -0.497 e. The van der Waals surface area contributed by atoms with Gasteiger partial charge in [0.1, 0.15) is 11.9 Å². The molecule has 0 aliphatic carbocycles. The molecule has 2 atom stereocenters. The Morgan fingerprint density at radius 2 is 1.86 bits per heavy atom. The first-order valence-corrected chi connectivity index (χ1v) is 11.9. The molecule has 0 amide bonds. The number of ether oxygens (including phenoxy) is 1. The molecule has 186 valence electrons. The Morgan fingerprint density at radius 3 is 2.51 bits per heavy atom. The van der Waals surface area contributed by atoms with Crippen LogP contribution in [0.4, 0.5) is 0 Å². The van der Waals surface area contributed by atoms with E-state index in [9.17, 15) is 4.79 Å². The third-order valence-electron chi connectivity index (χ3n) is 6.36. The van der Waals surface area contributed by atoms with Gasteiger partial charge in [-0.05, 0) is 35.7 Å². The molecule has 2 aromatic carbocycles. The Hall–Kier alpha value is -3.43. The number of oxime groups is 1. The van der Waals surface area contributed by atoms with Gasteiger partial charge in [0.25, 0.3) is 0 Å². The van der Waals surface area contributed by atoms with Gasteiger partial charge in [0.2, 0.25) is 0 Å². The van der Waals surface area contributed by atoms with E-state index in [4.69, 9.17) is 14.7 Å². The number of carboxylic acids is 1. The molecule has 1 saturated heterocycles. The van der Waals surface area contributed by atoms with Gasteiger partial charge in [-0.15, -0.1) is 0 Å². The second-order valence-corrected chi connectivity index (χ2v) is 8.94. The van der Waals surface area contributed by atoms with E-state index in [2.05, 4.69) is 27.5 Å². The van der Waals surface area contributed by atoms with E-state index in [0.717, 1.165) is 67.3 Å². The van der Waals surface area contributed by atoms with E-state index in [0.29, 0.717) is 0 Å². The number of rotatable bonds is 10. The highest BCUT2D eigenvalue weighted by molar-refractivity contribution is 6.01. The van der Waals surface area contributed by atoms with E-state index >= 15 is 0 Å². The molecule has 0 radical (unpaired) electrons. The fourth-order valence-electron chi connectivity index (χ4n) is 4.26. The number of hydrazone groups is 1. The summed E-state index contributed by atoms with van der Waals surface area (Å²) < 4.78 is 5.20. The highest BCUT2D eigenvalue weighted by atomic mass is 16.6. The average molecular weight is 480 g/mol. The quantitative estimate of drug-likeness (QED) is 0.399. The lowest BCUT2D eigenvalue weighted by Crippen LogP contribution is -2.49. The van der Waals surface area contributed by atoms with Crippen molar-refractivity contribution in [3.8, 4) is 5.75 Å². The van der Waals surface area contributed by atoms with Crippen molar-refractivity contribution in [3.63, 3.8) is 0 Å². The Balaban J connectivity index is 1.21. The van der Waals surface area contributed by atoms with E-state index in [1.165, 1.54) is 0 Å². The summed E-state index contributed by atoms with van der Waals surface area (Å²) in [4.78, 5) is 20.8. The van der Waals surface area contributed by atoms with Gasteiger partial charge in [0, 0.05) is 39.1 Å². The van der Waals surface area contributed by atoms with Gasteiger partial charge in [-0.1, -0.05) is 41.6 Å². The molecular weight excluding hydrogens is 446 g/mol. The molecule has 0 spiro atoms. The third-order valence-corrected chi connectivity index (χ3v) is 6.36. The van der Waals surface area contributed by atoms with Crippen LogP contribution < -0.4 is 10.2 Å². The van der Waals surface area contributed by atoms with Crippen LogP contribution in [0.25, 0.3) is 0 Å². The van der Waals surface area contributed by atoms with Crippen molar-refractivity contribution in [2.75, 3.05) is 46.4 Å². The van der Waals surface area contributed by atoms with Gasteiger partial charge in [0.15, 0.2) is 0 Å². The van der Waals surface area contributed by atoms with Crippen LogP contribution in [-0.4, -0.2) is 85.3 Å². The molecule has 2 N–H and O–H groups in total. The van der Waals surface area contributed by atoms with Crippen LogP contribution >= 0.6 is 0 Å². The number of hydrogen-bond donors (Lipinski definition) is 2. The van der Waals surface area contributed by atoms with Crippen LogP contribution in [0.2, 0.25) is 0 Å². The zero-order valence-corrected chi connectivity index (χ0v) is 20.3. The van der Waals surface area contributed by atoms with Crippen molar-refractivity contribution in [1.29, 1.82) is 0 Å². The minimum absolute atomic E-state index is 0.0286. The molecular formula is C26H33N5O4. The lowest BCUT2D eigenvalue weighted by molar-refractivity contribution is -0.138. The third kappa shape index (κ3) is 7.03. The van der Waals surface area contributed by atoms with Crippen molar-refractivity contribution in [2.24, 2.45) is 10.3 Å². The van der Waals surface area contributed by atoms with Crippen LogP contribution in [0.1, 0.15) is 36.1 Å². The first kappa shape index (κ1) is 24.7. The number of hydrogen-bond acceptors (Lipinski definition) is 8. The number of nitrogens with zero attached hydrogens (tertiary/aromatic N) is 4. The van der Waals surface area contributed by atoms with Crippen LogP contribution in [0.3, 0.4) is 0 Å². The summed E-state index contributed by atoms with van der Waals surface area (Å²) in [6.45, 7) is 6.21. The summed E-state index contributed by atoms with van der Waals surface area (Å²) in [7, 11) is 1.66. The normalized spacial score (nSPS) is 19.8. The van der Waals surface area contributed by atoms with Crippen LogP contribution in [0, 0.1) is 0 Å². The number of nitrogens with one attached hydrogen (secondary N) is 1. The molecule has 2 aliphatic rings. The van der Waals surface area contributed by atoms with Gasteiger partial charge < -0.3 is 20.1 Å². The number of aliphatic carboxylic acids is 1. The summed E-state index contributed by atoms with van der Waals surface area (Å²) in [5.74, 6) is 0.0660. The van der Waals surface area contributed by atoms with Crippen LogP contribution in [0.15, 0.2) is 58.8 Å². The maximum Gasteiger partial charge on any atom is 0.317 e. The zero-order valence-electron chi connectivity index (χ0n) is 20.3. The summed E-state index contributed by atoms with van der Waals surface area (Å²) in [5, 5.41) is 17.6. The predicted octanol–water partition coefficient (Wildman–Crippen LogP) is 2.58. The van der Waals surface area contributed by atoms with Crippen LogP contribution in [-0.2, 0) is 9.63 Å². The highest BCUT2D eigenvalue weighted by Crippen LogP contribution is 2.19. The molecule has 35 heavy (non-hydrogen) atoms. The Kier molecular flexibility index (Phi) is 8.33.